The molecule has 2 rings (SSSR count). The van der Waals surface area contributed by atoms with Gasteiger partial charge in [-0.1, -0.05) is 0 Å². The smallest absolute Gasteiger partial charge is 0.266 e. The number of hydrogen-bond donors (Lipinski definition) is 2. The van der Waals surface area contributed by atoms with Gasteiger partial charge in [0.05, 0.1) is 6.20 Å². The average molecular weight is 227 g/mol. The monoisotopic (exact) mass is 227 g/mol. The van der Waals surface area contributed by atoms with Crippen LogP contribution in [-0.2, 0) is 17.1 Å². The van der Waals surface area contributed by atoms with Crippen molar-refractivity contribution in [1.29, 1.82) is 0 Å². The topological polar surface area (TPSA) is 92.7 Å². The van der Waals surface area contributed by atoms with E-state index in [0.717, 1.165) is 0 Å². The van der Waals surface area contributed by atoms with Crippen LogP contribution in [0, 0.1) is 0 Å². The van der Waals surface area contributed by atoms with Gasteiger partial charge in [-0.05, 0) is 0 Å². The third kappa shape index (κ3) is 1.99. The lowest BCUT2D eigenvalue weighted by Gasteiger charge is -2.01. The van der Waals surface area contributed by atoms with Crippen LogP contribution in [0.3, 0.4) is 0 Å². The molecule has 0 saturated heterocycles. The van der Waals surface area contributed by atoms with E-state index in [1.807, 2.05) is 0 Å². The Kier molecular flexibility index (Phi) is 2.19. The zero-order valence-corrected chi connectivity index (χ0v) is 8.69. The fourth-order valence-electron chi connectivity index (χ4n) is 1.05. The van der Waals surface area contributed by atoms with Gasteiger partial charge in [-0.25, -0.2) is 8.42 Å². The first-order valence-electron chi connectivity index (χ1n) is 4.09. The Bertz CT molecular complexity index is 542. The van der Waals surface area contributed by atoms with Crippen molar-refractivity contribution in [3.8, 4) is 0 Å². The lowest BCUT2D eigenvalue weighted by Crippen LogP contribution is -2.12. The van der Waals surface area contributed by atoms with Crippen LogP contribution in [-0.4, -0.2) is 28.4 Å². The Balaban J connectivity index is 2.26. The lowest BCUT2D eigenvalue weighted by molar-refractivity contribution is 0.601. The summed E-state index contributed by atoms with van der Waals surface area (Å²) in [6.07, 6.45) is 4.17. The molecule has 2 aromatic rings. The summed E-state index contributed by atoms with van der Waals surface area (Å²) in [6, 6.07) is 1.57. The van der Waals surface area contributed by atoms with Crippen LogP contribution in [0.5, 0.6) is 0 Å². The van der Waals surface area contributed by atoms with Crippen molar-refractivity contribution in [2.45, 2.75) is 4.90 Å². The third-order valence-electron chi connectivity index (χ3n) is 1.74. The van der Waals surface area contributed by atoms with E-state index in [2.05, 4.69) is 20.0 Å². The zero-order valence-electron chi connectivity index (χ0n) is 7.88. The van der Waals surface area contributed by atoms with E-state index in [4.69, 9.17) is 0 Å². The highest BCUT2D eigenvalue weighted by molar-refractivity contribution is 7.92. The van der Waals surface area contributed by atoms with Crippen molar-refractivity contribution in [1.82, 2.24) is 20.0 Å². The summed E-state index contributed by atoms with van der Waals surface area (Å²) < 4.78 is 27.1. The van der Waals surface area contributed by atoms with E-state index in [0.29, 0.717) is 0 Å². The lowest BCUT2D eigenvalue weighted by atomic mass is 10.7. The molecule has 0 unspecified atom stereocenters. The molecule has 0 saturated carbocycles. The molecule has 8 heteroatoms. The maximum Gasteiger partial charge on any atom is 0.266 e. The number of H-pyrrole nitrogens is 1. The van der Waals surface area contributed by atoms with Gasteiger partial charge in [0.2, 0.25) is 0 Å². The number of anilines is 1. The summed E-state index contributed by atoms with van der Waals surface area (Å²) in [7, 11) is -1.87. The number of nitrogens with one attached hydrogen (secondary N) is 2. The van der Waals surface area contributed by atoms with Gasteiger partial charge in [0.15, 0.2) is 5.82 Å². The van der Waals surface area contributed by atoms with E-state index in [1.54, 1.807) is 19.3 Å². The molecule has 2 N–H and O–H groups in total. The van der Waals surface area contributed by atoms with Gasteiger partial charge in [-0.2, -0.15) is 10.2 Å². The summed E-state index contributed by atoms with van der Waals surface area (Å²) >= 11 is 0. The van der Waals surface area contributed by atoms with Gasteiger partial charge in [-0.15, -0.1) is 0 Å². The maximum atomic E-state index is 11.7. The minimum Gasteiger partial charge on any atom is -0.284 e. The molecule has 0 atom stereocenters. The highest BCUT2D eigenvalue weighted by Gasteiger charge is 2.15. The van der Waals surface area contributed by atoms with E-state index >= 15 is 0 Å². The summed E-state index contributed by atoms with van der Waals surface area (Å²) in [4.78, 5) is 0.0770. The molecule has 80 valence electrons. The molecular weight excluding hydrogens is 218 g/mol. The number of aryl methyl sites for hydroxylation is 1. The molecule has 0 aliphatic heterocycles. The van der Waals surface area contributed by atoms with Gasteiger partial charge in [0.1, 0.15) is 4.90 Å². The molecule has 0 fully saturated rings. The molecule has 2 heterocycles. The fraction of sp³-hybridized carbons (Fsp3) is 0.143. The minimum absolute atomic E-state index is 0.0770. The van der Waals surface area contributed by atoms with Crippen molar-refractivity contribution in [3.63, 3.8) is 0 Å². The molecule has 0 radical (unpaired) electrons. The highest BCUT2D eigenvalue weighted by Crippen LogP contribution is 2.11. The highest BCUT2D eigenvalue weighted by atomic mass is 32.2. The second kappa shape index (κ2) is 3.39. The van der Waals surface area contributed by atoms with Crippen molar-refractivity contribution in [2.75, 3.05) is 4.72 Å². The number of hydrogen-bond acceptors (Lipinski definition) is 4. The van der Waals surface area contributed by atoms with Crippen molar-refractivity contribution >= 4 is 15.8 Å². The number of sulfonamides is 1. The normalized spacial score (nSPS) is 11.5. The first-order chi connectivity index (χ1) is 7.08. The first-order valence-corrected chi connectivity index (χ1v) is 5.57. The molecule has 0 amide bonds. The van der Waals surface area contributed by atoms with Gasteiger partial charge >= 0.3 is 0 Å². The largest absolute Gasteiger partial charge is 0.284 e. The number of rotatable bonds is 3. The van der Waals surface area contributed by atoms with E-state index < -0.39 is 10.0 Å². The van der Waals surface area contributed by atoms with Crippen molar-refractivity contribution < 1.29 is 8.42 Å². The van der Waals surface area contributed by atoms with Gasteiger partial charge < -0.3 is 0 Å². The van der Waals surface area contributed by atoms with Gasteiger partial charge in [0.25, 0.3) is 10.0 Å². The molecule has 15 heavy (non-hydrogen) atoms. The molecule has 2 aromatic heterocycles. The fourth-order valence-corrected chi connectivity index (χ4v) is 1.95. The van der Waals surface area contributed by atoms with Crippen LogP contribution in [0.4, 0.5) is 5.82 Å². The van der Waals surface area contributed by atoms with Crippen LogP contribution in [0.25, 0.3) is 0 Å². The van der Waals surface area contributed by atoms with E-state index in [-0.39, 0.29) is 10.7 Å². The van der Waals surface area contributed by atoms with E-state index in [1.165, 1.54) is 17.1 Å². The van der Waals surface area contributed by atoms with Gasteiger partial charge in [-0.3, -0.25) is 14.5 Å². The van der Waals surface area contributed by atoms with E-state index in [9.17, 15) is 8.42 Å². The quantitative estimate of drug-likeness (QED) is 0.768. The maximum absolute atomic E-state index is 11.7. The SMILES string of the molecule is Cn1ccc(NS(=O)(=O)c2cn[nH]c2)n1. The molecule has 0 spiro atoms. The Morgan fingerprint density at radius 1 is 1.53 bits per heavy atom. The summed E-state index contributed by atoms with van der Waals surface area (Å²) in [5.41, 5.74) is 0. The second-order valence-electron chi connectivity index (χ2n) is 2.91. The summed E-state index contributed by atoms with van der Waals surface area (Å²) in [5, 5.41) is 9.90. The molecule has 0 bridgehead atoms. The number of aromatic amines is 1. The molecule has 7 nitrogen and oxygen atoms in total. The minimum atomic E-state index is -3.58. The molecule has 0 aromatic carbocycles. The predicted molar refractivity (Wildman–Crippen MR) is 52.6 cm³/mol. The van der Waals surface area contributed by atoms with Crippen LogP contribution in [0.2, 0.25) is 0 Å². The first kappa shape index (κ1) is 9.71. The summed E-state index contributed by atoms with van der Waals surface area (Å²) in [5.74, 6) is 0.277. The Morgan fingerprint density at radius 3 is 2.87 bits per heavy atom. The second-order valence-corrected chi connectivity index (χ2v) is 4.60. The number of aromatic nitrogens is 4. The average Bonchev–Trinajstić information content (AvgIpc) is 2.75. The predicted octanol–water partition coefficient (Wildman–Crippen LogP) is -0.0560. The summed E-state index contributed by atoms with van der Waals surface area (Å²) in [6.45, 7) is 0. The zero-order chi connectivity index (χ0) is 10.9. The standard InChI is InChI=1S/C7H9N5O2S/c1-12-3-2-7(10-12)11-15(13,14)6-4-8-9-5-6/h2-5H,1H3,(H,8,9)(H,10,11). The van der Waals surface area contributed by atoms with Crippen LogP contribution in [0.1, 0.15) is 0 Å². The van der Waals surface area contributed by atoms with Gasteiger partial charge in [0, 0.05) is 25.5 Å². The van der Waals surface area contributed by atoms with Crippen LogP contribution in [0.15, 0.2) is 29.6 Å². The van der Waals surface area contributed by atoms with Crippen molar-refractivity contribution in [2.24, 2.45) is 7.05 Å². The van der Waals surface area contributed by atoms with Crippen LogP contribution >= 0.6 is 0 Å². The molecule has 0 aliphatic carbocycles. The number of nitrogens with zero attached hydrogens (tertiary/aromatic N) is 3. The third-order valence-corrected chi connectivity index (χ3v) is 3.06. The van der Waals surface area contributed by atoms with Crippen molar-refractivity contribution in [3.05, 3.63) is 24.7 Å². The van der Waals surface area contributed by atoms with Crippen LogP contribution < -0.4 is 4.72 Å². The molecular formula is C7H9N5O2S. The molecule has 0 aliphatic rings. The Morgan fingerprint density at radius 2 is 2.33 bits per heavy atom. The Labute approximate surface area is 86.2 Å². The Hall–Kier alpha value is -1.83.